The van der Waals surface area contributed by atoms with Gasteiger partial charge < -0.3 is 0 Å². The second-order valence-corrected chi connectivity index (χ2v) is 4.94. The van der Waals surface area contributed by atoms with Gasteiger partial charge in [0.05, 0.1) is 17.6 Å². The Kier molecular flexibility index (Phi) is 3.06. The first kappa shape index (κ1) is 12.5. The number of benzene rings is 1. The lowest BCUT2D eigenvalue weighted by Gasteiger charge is -2.00. The zero-order valence-electron chi connectivity index (χ0n) is 11.5. The number of pyridine rings is 1. The molecule has 20 heavy (non-hydrogen) atoms. The topological polar surface area (TPSA) is 47.8 Å². The highest BCUT2D eigenvalue weighted by molar-refractivity contribution is 5.99. The van der Waals surface area contributed by atoms with Gasteiger partial charge in [0.2, 0.25) is 0 Å². The highest BCUT2D eigenvalue weighted by Gasteiger charge is 2.13. The summed E-state index contributed by atoms with van der Waals surface area (Å²) in [4.78, 5) is 16.4. The molecule has 100 valence electrons. The first-order valence-electron chi connectivity index (χ1n) is 6.50. The van der Waals surface area contributed by atoms with Crippen LogP contribution < -0.4 is 0 Å². The fraction of sp³-hybridized carbons (Fsp3) is 0.188. The molecular formula is C16H15N3O. The molecule has 0 atom stereocenters. The maximum absolute atomic E-state index is 12.3. The number of carbonyl (C=O) groups is 1. The highest BCUT2D eigenvalue weighted by Crippen LogP contribution is 2.19. The molecule has 2 heterocycles. The summed E-state index contributed by atoms with van der Waals surface area (Å²) in [6, 6.07) is 9.80. The van der Waals surface area contributed by atoms with Crippen LogP contribution in [0.5, 0.6) is 0 Å². The molecule has 0 fully saturated rings. The number of aromatic nitrogens is 3. The molecule has 0 unspecified atom stereocenters. The van der Waals surface area contributed by atoms with E-state index in [4.69, 9.17) is 0 Å². The molecule has 0 spiro atoms. The van der Waals surface area contributed by atoms with Gasteiger partial charge in [-0.15, -0.1) is 0 Å². The number of ketones is 1. The van der Waals surface area contributed by atoms with Crippen molar-refractivity contribution in [3.05, 3.63) is 59.5 Å². The zero-order valence-corrected chi connectivity index (χ0v) is 11.5. The third-order valence-corrected chi connectivity index (χ3v) is 3.36. The van der Waals surface area contributed by atoms with Gasteiger partial charge in [0.15, 0.2) is 5.78 Å². The Bertz CT molecular complexity index is 789. The summed E-state index contributed by atoms with van der Waals surface area (Å²) < 4.78 is 1.81. The minimum Gasteiger partial charge on any atom is -0.294 e. The molecule has 0 aliphatic carbocycles. The maximum atomic E-state index is 12.3. The fourth-order valence-electron chi connectivity index (χ4n) is 2.38. The molecule has 0 bridgehead atoms. The van der Waals surface area contributed by atoms with Crippen molar-refractivity contribution in [2.75, 3.05) is 0 Å². The monoisotopic (exact) mass is 265 g/mol. The van der Waals surface area contributed by atoms with E-state index in [1.807, 2.05) is 49.0 Å². The van der Waals surface area contributed by atoms with Crippen LogP contribution in [0.25, 0.3) is 10.9 Å². The highest BCUT2D eigenvalue weighted by atomic mass is 16.1. The van der Waals surface area contributed by atoms with Crippen molar-refractivity contribution < 1.29 is 4.79 Å². The summed E-state index contributed by atoms with van der Waals surface area (Å²) in [6.07, 6.45) is 3.65. The van der Waals surface area contributed by atoms with E-state index >= 15 is 0 Å². The summed E-state index contributed by atoms with van der Waals surface area (Å²) in [6.45, 7) is 1.93. The van der Waals surface area contributed by atoms with Crippen LogP contribution in [-0.2, 0) is 13.5 Å². The van der Waals surface area contributed by atoms with Gasteiger partial charge >= 0.3 is 0 Å². The van der Waals surface area contributed by atoms with Crippen molar-refractivity contribution >= 4 is 16.7 Å². The molecule has 3 aromatic rings. The van der Waals surface area contributed by atoms with Crippen LogP contribution in [0.1, 0.15) is 21.6 Å². The fourth-order valence-corrected chi connectivity index (χ4v) is 2.38. The van der Waals surface area contributed by atoms with E-state index in [1.165, 1.54) is 0 Å². The molecule has 0 amide bonds. The van der Waals surface area contributed by atoms with E-state index in [-0.39, 0.29) is 5.78 Å². The molecule has 2 aromatic heterocycles. The number of Topliss-reactive ketones (excluding diaryl/α,β-unsaturated/α-hetero) is 1. The number of aryl methyl sites for hydroxylation is 2. The first-order valence-corrected chi connectivity index (χ1v) is 6.50. The van der Waals surface area contributed by atoms with Crippen LogP contribution >= 0.6 is 0 Å². The molecule has 3 rings (SSSR count). The smallest absolute Gasteiger partial charge is 0.170 e. The van der Waals surface area contributed by atoms with Crippen LogP contribution in [0.2, 0.25) is 0 Å². The van der Waals surface area contributed by atoms with Crippen LogP contribution in [-0.4, -0.2) is 20.5 Å². The van der Waals surface area contributed by atoms with E-state index in [0.29, 0.717) is 12.0 Å². The van der Waals surface area contributed by atoms with E-state index < -0.39 is 0 Å². The quantitative estimate of drug-likeness (QED) is 0.684. The van der Waals surface area contributed by atoms with Crippen LogP contribution in [0.4, 0.5) is 0 Å². The van der Waals surface area contributed by atoms with Gasteiger partial charge in [0.1, 0.15) is 0 Å². The molecule has 0 radical (unpaired) electrons. The minimum atomic E-state index is 0.0463. The number of nitrogens with zero attached hydrogens (tertiary/aromatic N) is 3. The number of carbonyl (C=O) groups excluding carboxylic acids is 1. The Morgan fingerprint density at radius 2 is 2.05 bits per heavy atom. The van der Waals surface area contributed by atoms with E-state index in [0.717, 1.165) is 22.2 Å². The van der Waals surface area contributed by atoms with Crippen molar-refractivity contribution in [2.24, 2.45) is 7.05 Å². The van der Waals surface area contributed by atoms with Crippen LogP contribution in [0.15, 0.2) is 42.7 Å². The van der Waals surface area contributed by atoms with Crippen molar-refractivity contribution in [3.8, 4) is 0 Å². The molecular weight excluding hydrogens is 250 g/mol. The summed E-state index contributed by atoms with van der Waals surface area (Å²) in [5.41, 5.74) is 3.48. The van der Waals surface area contributed by atoms with Gasteiger partial charge in [-0.1, -0.05) is 18.2 Å². The summed E-state index contributed by atoms with van der Waals surface area (Å²) in [5, 5.41) is 5.48. The Balaban J connectivity index is 1.95. The van der Waals surface area contributed by atoms with E-state index in [1.54, 1.807) is 12.4 Å². The van der Waals surface area contributed by atoms with E-state index in [2.05, 4.69) is 10.1 Å². The van der Waals surface area contributed by atoms with Crippen molar-refractivity contribution in [3.63, 3.8) is 0 Å². The average molecular weight is 265 g/mol. The van der Waals surface area contributed by atoms with Crippen molar-refractivity contribution in [2.45, 2.75) is 13.3 Å². The number of rotatable bonds is 3. The van der Waals surface area contributed by atoms with Crippen LogP contribution in [0, 0.1) is 6.92 Å². The summed E-state index contributed by atoms with van der Waals surface area (Å²) in [5.74, 6) is 0.0463. The maximum Gasteiger partial charge on any atom is 0.170 e. The normalized spacial score (nSPS) is 10.9. The predicted molar refractivity (Wildman–Crippen MR) is 77.7 cm³/mol. The van der Waals surface area contributed by atoms with Gasteiger partial charge in [-0.25, -0.2) is 0 Å². The Hall–Kier alpha value is -2.49. The van der Waals surface area contributed by atoms with Crippen molar-refractivity contribution in [1.29, 1.82) is 0 Å². The summed E-state index contributed by atoms with van der Waals surface area (Å²) >= 11 is 0. The van der Waals surface area contributed by atoms with Gasteiger partial charge in [0.25, 0.3) is 0 Å². The molecule has 1 aromatic carbocycles. The standard InChI is InChI=1S/C16H15N3O/c1-11-7-12(10-17-9-11)16(20)8-14-13-5-3-4-6-15(13)19(2)18-14/h3-7,9-10H,8H2,1-2H3. The van der Waals surface area contributed by atoms with Crippen molar-refractivity contribution in [1.82, 2.24) is 14.8 Å². The average Bonchev–Trinajstić information content (AvgIpc) is 2.76. The molecule has 0 aliphatic rings. The molecule has 0 saturated carbocycles. The number of hydrogen-bond donors (Lipinski definition) is 0. The third-order valence-electron chi connectivity index (χ3n) is 3.36. The number of para-hydroxylation sites is 1. The van der Waals surface area contributed by atoms with Crippen LogP contribution in [0.3, 0.4) is 0 Å². The molecule has 4 heteroatoms. The van der Waals surface area contributed by atoms with E-state index in [9.17, 15) is 4.79 Å². The number of fused-ring (bicyclic) bond motifs is 1. The molecule has 4 nitrogen and oxygen atoms in total. The second-order valence-electron chi connectivity index (χ2n) is 4.94. The SMILES string of the molecule is Cc1cncc(C(=O)Cc2nn(C)c3ccccc23)c1. The lowest BCUT2D eigenvalue weighted by Crippen LogP contribution is -2.05. The molecule has 0 aliphatic heterocycles. The Labute approximate surface area is 117 Å². The lowest BCUT2D eigenvalue weighted by atomic mass is 10.1. The van der Waals surface area contributed by atoms with Gasteiger partial charge in [0, 0.05) is 30.4 Å². The largest absolute Gasteiger partial charge is 0.294 e. The lowest BCUT2D eigenvalue weighted by molar-refractivity contribution is 0.0991. The van der Waals surface area contributed by atoms with Gasteiger partial charge in [-0.3, -0.25) is 14.5 Å². The third kappa shape index (κ3) is 2.20. The zero-order chi connectivity index (χ0) is 14.1. The molecule has 0 saturated heterocycles. The Morgan fingerprint density at radius 3 is 2.85 bits per heavy atom. The van der Waals surface area contributed by atoms with Gasteiger partial charge in [-0.05, 0) is 24.6 Å². The predicted octanol–water partition coefficient (Wildman–Crippen LogP) is 2.70. The first-order chi connectivity index (χ1) is 9.65. The summed E-state index contributed by atoms with van der Waals surface area (Å²) in [7, 11) is 1.89. The number of hydrogen-bond acceptors (Lipinski definition) is 3. The van der Waals surface area contributed by atoms with Gasteiger partial charge in [-0.2, -0.15) is 5.10 Å². The minimum absolute atomic E-state index is 0.0463. The second kappa shape index (κ2) is 4.89. The Morgan fingerprint density at radius 1 is 1.25 bits per heavy atom. The molecule has 0 N–H and O–H groups in total.